The van der Waals surface area contributed by atoms with Crippen molar-refractivity contribution >= 4 is 34.9 Å². The van der Waals surface area contributed by atoms with Gasteiger partial charge in [0.15, 0.2) is 0 Å². The van der Waals surface area contributed by atoms with Crippen molar-refractivity contribution in [3.05, 3.63) is 33.3 Å². The van der Waals surface area contributed by atoms with Crippen molar-refractivity contribution in [2.24, 2.45) is 0 Å². The van der Waals surface area contributed by atoms with E-state index in [2.05, 4.69) is 16.0 Å². The van der Waals surface area contributed by atoms with Crippen molar-refractivity contribution in [2.75, 3.05) is 11.9 Å². The summed E-state index contributed by atoms with van der Waals surface area (Å²) in [6.07, 6.45) is 0.798. The van der Waals surface area contributed by atoms with Gasteiger partial charge in [-0.05, 0) is 25.5 Å². The zero-order chi connectivity index (χ0) is 16.7. The minimum atomic E-state index is -0.708. The van der Waals surface area contributed by atoms with Crippen LogP contribution in [0.2, 0.25) is 5.02 Å². The number of nitrogens with zero attached hydrogens (tertiary/aromatic N) is 1. The monoisotopic (exact) mass is 328 g/mol. The fourth-order valence-corrected chi connectivity index (χ4v) is 1.81. The number of anilines is 1. The molecule has 0 aliphatic heterocycles. The summed E-state index contributed by atoms with van der Waals surface area (Å²) in [6, 6.07) is 2.49. The zero-order valence-electron chi connectivity index (χ0n) is 12.2. The summed E-state index contributed by atoms with van der Waals surface area (Å²) in [5.74, 6) is -0.293. The van der Waals surface area contributed by atoms with Crippen LogP contribution in [0.15, 0.2) is 18.2 Å². The van der Waals surface area contributed by atoms with Crippen molar-refractivity contribution in [1.82, 2.24) is 10.6 Å². The molecule has 1 aromatic rings. The van der Waals surface area contributed by atoms with Crippen LogP contribution in [-0.4, -0.2) is 29.4 Å². The van der Waals surface area contributed by atoms with Crippen molar-refractivity contribution < 1.29 is 14.5 Å². The molecule has 3 N–H and O–H groups in total. The second-order valence-electron chi connectivity index (χ2n) is 4.53. The number of nitro groups is 1. The van der Waals surface area contributed by atoms with Gasteiger partial charge in [-0.3, -0.25) is 14.9 Å². The first kappa shape index (κ1) is 17.7. The van der Waals surface area contributed by atoms with Crippen LogP contribution in [0.3, 0.4) is 0 Å². The molecule has 1 aromatic carbocycles. The Morgan fingerprint density at radius 2 is 2.09 bits per heavy atom. The molecule has 1 rings (SSSR count). The van der Waals surface area contributed by atoms with Gasteiger partial charge >= 0.3 is 6.03 Å². The van der Waals surface area contributed by atoms with Gasteiger partial charge in [-0.1, -0.05) is 18.5 Å². The maximum absolute atomic E-state index is 11.8. The number of carbonyl (C=O) groups excluding carboxylic acids is 2. The van der Waals surface area contributed by atoms with Gasteiger partial charge in [0.2, 0.25) is 5.91 Å². The predicted octanol–water partition coefficient (Wildman–Crippen LogP) is 2.28. The lowest BCUT2D eigenvalue weighted by Gasteiger charge is -2.14. The van der Waals surface area contributed by atoms with Crippen molar-refractivity contribution in [1.29, 1.82) is 0 Å². The first-order valence-corrected chi connectivity index (χ1v) is 7.02. The van der Waals surface area contributed by atoms with E-state index in [-0.39, 0.29) is 22.3 Å². The average molecular weight is 329 g/mol. The van der Waals surface area contributed by atoms with Crippen LogP contribution in [0.4, 0.5) is 16.2 Å². The molecule has 0 radical (unpaired) electrons. The minimum absolute atomic E-state index is 0.0865. The Bertz CT molecular complexity index is 579. The normalized spacial score (nSPS) is 11.4. The third-order valence-electron chi connectivity index (χ3n) is 2.69. The number of nitrogens with one attached hydrogen (secondary N) is 3. The highest BCUT2D eigenvalue weighted by Gasteiger charge is 2.16. The molecule has 9 heteroatoms. The second-order valence-corrected chi connectivity index (χ2v) is 4.94. The fourth-order valence-electron chi connectivity index (χ4n) is 1.56. The topological polar surface area (TPSA) is 113 Å². The van der Waals surface area contributed by atoms with E-state index in [9.17, 15) is 19.7 Å². The first-order valence-electron chi connectivity index (χ1n) is 6.64. The van der Waals surface area contributed by atoms with E-state index in [0.29, 0.717) is 6.54 Å². The molecule has 0 aliphatic rings. The summed E-state index contributed by atoms with van der Waals surface area (Å²) in [5, 5.41) is 18.1. The Morgan fingerprint density at radius 1 is 1.41 bits per heavy atom. The van der Waals surface area contributed by atoms with E-state index in [1.165, 1.54) is 18.2 Å². The maximum Gasteiger partial charge on any atom is 0.319 e. The summed E-state index contributed by atoms with van der Waals surface area (Å²) in [7, 11) is 0. The third kappa shape index (κ3) is 5.21. The first-order chi connectivity index (χ1) is 10.3. The lowest BCUT2D eigenvalue weighted by Crippen LogP contribution is -2.46. The van der Waals surface area contributed by atoms with Crippen LogP contribution in [0.5, 0.6) is 0 Å². The second kappa shape index (κ2) is 8.18. The Balaban J connectivity index is 2.60. The zero-order valence-corrected chi connectivity index (χ0v) is 12.9. The molecule has 1 unspecified atom stereocenters. The molecule has 120 valence electrons. The Hall–Kier alpha value is -2.35. The number of hydrogen-bond acceptors (Lipinski definition) is 4. The molecular formula is C13H17ClN4O4. The van der Waals surface area contributed by atoms with E-state index in [1.54, 1.807) is 6.92 Å². The van der Waals surface area contributed by atoms with Crippen LogP contribution >= 0.6 is 11.6 Å². The molecule has 0 saturated carbocycles. The van der Waals surface area contributed by atoms with Gasteiger partial charge in [-0.25, -0.2) is 4.79 Å². The molecule has 0 aromatic heterocycles. The van der Waals surface area contributed by atoms with Crippen molar-refractivity contribution in [3.8, 4) is 0 Å². The lowest BCUT2D eigenvalue weighted by molar-refractivity contribution is -0.384. The van der Waals surface area contributed by atoms with Crippen LogP contribution in [-0.2, 0) is 4.79 Å². The molecule has 0 heterocycles. The highest BCUT2D eigenvalue weighted by Crippen LogP contribution is 2.27. The molecule has 0 aliphatic carbocycles. The molecule has 8 nitrogen and oxygen atoms in total. The van der Waals surface area contributed by atoms with Crippen molar-refractivity contribution in [3.63, 3.8) is 0 Å². The Kier molecular flexibility index (Phi) is 6.58. The summed E-state index contributed by atoms with van der Waals surface area (Å²) < 4.78 is 0. The number of urea groups is 1. The number of halogens is 1. The van der Waals surface area contributed by atoms with E-state index in [1.807, 2.05) is 6.92 Å². The van der Waals surface area contributed by atoms with Gasteiger partial charge in [-0.2, -0.15) is 0 Å². The molecule has 3 amide bonds. The quantitative estimate of drug-likeness (QED) is 0.549. The molecule has 22 heavy (non-hydrogen) atoms. The van der Waals surface area contributed by atoms with E-state index >= 15 is 0 Å². The van der Waals surface area contributed by atoms with Gasteiger partial charge in [0, 0.05) is 18.3 Å². The smallest absolute Gasteiger partial charge is 0.319 e. The molecule has 0 fully saturated rings. The van der Waals surface area contributed by atoms with Crippen LogP contribution in [0.1, 0.15) is 20.3 Å². The highest BCUT2D eigenvalue weighted by atomic mass is 35.5. The molecule has 0 spiro atoms. The molecule has 0 bridgehead atoms. The standard InChI is InChI=1S/C13H17ClN4O4/c1-3-6-15-12(19)8(2)16-13(20)17-9-4-5-11(18(21)22)10(14)7-9/h4-5,7-8H,3,6H2,1-2H3,(H,15,19)(H2,16,17,20). The van der Waals surface area contributed by atoms with Crippen LogP contribution in [0.25, 0.3) is 0 Å². The fraction of sp³-hybridized carbons (Fsp3) is 0.385. The summed E-state index contributed by atoms with van der Waals surface area (Å²) in [5.41, 5.74) is 0.0363. The number of benzene rings is 1. The molecule has 0 saturated heterocycles. The Morgan fingerprint density at radius 3 is 2.64 bits per heavy atom. The number of carbonyl (C=O) groups is 2. The highest BCUT2D eigenvalue weighted by molar-refractivity contribution is 6.33. The van der Waals surface area contributed by atoms with Crippen LogP contribution < -0.4 is 16.0 Å². The average Bonchev–Trinajstić information content (AvgIpc) is 2.44. The van der Waals surface area contributed by atoms with Crippen molar-refractivity contribution in [2.45, 2.75) is 26.3 Å². The van der Waals surface area contributed by atoms with E-state index in [0.717, 1.165) is 6.42 Å². The SMILES string of the molecule is CCCNC(=O)C(C)NC(=O)Nc1ccc([N+](=O)[O-])c(Cl)c1. The third-order valence-corrected chi connectivity index (χ3v) is 3.00. The molecular weight excluding hydrogens is 312 g/mol. The van der Waals surface area contributed by atoms with Gasteiger partial charge in [0.1, 0.15) is 11.1 Å². The predicted molar refractivity (Wildman–Crippen MR) is 83.0 cm³/mol. The number of amides is 3. The van der Waals surface area contributed by atoms with E-state index < -0.39 is 17.0 Å². The largest absolute Gasteiger partial charge is 0.354 e. The molecule has 1 atom stereocenters. The number of hydrogen-bond donors (Lipinski definition) is 3. The van der Waals surface area contributed by atoms with Crippen LogP contribution in [0, 0.1) is 10.1 Å². The summed E-state index contributed by atoms with van der Waals surface area (Å²) >= 11 is 5.74. The van der Waals surface area contributed by atoms with Gasteiger partial charge in [0.25, 0.3) is 5.69 Å². The Labute approximate surface area is 132 Å². The van der Waals surface area contributed by atoms with E-state index in [4.69, 9.17) is 11.6 Å². The lowest BCUT2D eigenvalue weighted by atomic mass is 10.3. The van der Waals surface area contributed by atoms with Gasteiger partial charge in [0.05, 0.1) is 4.92 Å². The number of nitro benzene ring substituents is 1. The minimum Gasteiger partial charge on any atom is -0.354 e. The van der Waals surface area contributed by atoms with Gasteiger partial charge < -0.3 is 16.0 Å². The van der Waals surface area contributed by atoms with Gasteiger partial charge in [-0.15, -0.1) is 0 Å². The summed E-state index contributed by atoms with van der Waals surface area (Å²) in [4.78, 5) is 33.4. The maximum atomic E-state index is 11.8. The summed E-state index contributed by atoms with van der Waals surface area (Å²) in [6.45, 7) is 4.00. The number of rotatable bonds is 6.